The second-order valence-corrected chi connectivity index (χ2v) is 4.75. The van der Waals surface area contributed by atoms with Crippen LogP contribution in [-0.4, -0.2) is 45.7 Å². The Hall–Kier alpha value is -2.12. The SMILES string of the molecule is CC(C)(C)OC(=O)NC1CC(=O)N(C(=O)O)C1=O. The van der Waals surface area contributed by atoms with Crippen molar-refractivity contribution in [2.75, 3.05) is 0 Å². The average molecular weight is 258 g/mol. The van der Waals surface area contributed by atoms with Gasteiger partial charge in [0.2, 0.25) is 5.91 Å². The molecule has 0 aromatic rings. The van der Waals surface area contributed by atoms with Crippen LogP contribution in [0.15, 0.2) is 0 Å². The minimum absolute atomic E-state index is 0.0854. The van der Waals surface area contributed by atoms with Gasteiger partial charge < -0.3 is 15.2 Å². The van der Waals surface area contributed by atoms with E-state index in [-0.39, 0.29) is 11.3 Å². The van der Waals surface area contributed by atoms with Gasteiger partial charge in [0.15, 0.2) is 0 Å². The van der Waals surface area contributed by atoms with Gasteiger partial charge in [-0.15, -0.1) is 0 Å². The van der Waals surface area contributed by atoms with Gasteiger partial charge in [0.05, 0.1) is 6.42 Å². The Balaban J connectivity index is 2.66. The second-order valence-electron chi connectivity index (χ2n) is 4.75. The van der Waals surface area contributed by atoms with Crippen LogP contribution in [0.4, 0.5) is 9.59 Å². The van der Waals surface area contributed by atoms with Gasteiger partial charge in [-0.1, -0.05) is 0 Å². The third-order valence-corrected chi connectivity index (χ3v) is 2.03. The highest BCUT2D eigenvalue weighted by Crippen LogP contribution is 2.14. The van der Waals surface area contributed by atoms with Gasteiger partial charge in [-0.2, -0.15) is 4.90 Å². The van der Waals surface area contributed by atoms with Gasteiger partial charge in [0.1, 0.15) is 11.6 Å². The van der Waals surface area contributed by atoms with Crippen LogP contribution >= 0.6 is 0 Å². The van der Waals surface area contributed by atoms with Crippen molar-refractivity contribution in [3.8, 4) is 0 Å². The van der Waals surface area contributed by atoms with E-state index in [0.717, 1.165) is 0 Å². The number of hydrogen-bond donors (Lipinski definition) is 2. The molecule has 4 amide bonds. The summed E-state index contributed by atoms with van der Waals surface area (Å²) in [5.74, 6) is -1.84. The van der Waals surface area contributed by atoms with Crippen molar-refractivity contribution >= 4 is 24.0 Å². The van der Waals surface area contributed by atoms with Crippen molar-refractivity contribution in [3.05, 3.63) is 0 Å². The van der Waals surface area contributed by atoms with Gasteiger partial charge >= 0.3 is 12.2 Å². The van der Waals surface area contributed by atoms with Crippen molar-refractivity contribution < 1.29 is 29.0 Å². The Kier molecular flexibility index (Phi) is 3.59. The summed E-state index contributed by atoms with van der Waals surface area (Å²) in [6.07, 6.45) is -2.91. The van der Waals surface area contributed by atoms with Crippen LogP contribution in [0.2, 0.25) is 0 Å². The molecular weight excluding hydrogens is 244 g/mol. The number of nitrogens with zero attached hydrogens (tertiary/aromatic N) is 1. The number of alkyl carbamates (subject to hydrolysis) is 1. The maximum atomic E-state index is 11.5. The Morgan fingerprint density at radius 2 is 1.94 bits per heavy atom. The fourth-order valence-corrected chi connectivity index (χ4v) is 1.40. The molecule has 0 aromatic heterocycles. The quantitative estimate of drug-likeness (QED) is 0.655. The zero-order valence-electron chi connectivity index (χ0n) is 10.2. The van der Waals surface area contributed by atoms with Gasteiger partial charge in [0.25, 0.3) is 5.91 Å². The first-order valence-electron chi connectivity index (χ1n) is 5.21. The Morgan fingerprint density at radius 3 is 2.33 bits per heavy atom. The Bertz CT molecular complexity index is 411. The van der Waals surface area contributed by atoms with Crippen molar-refractivity contribution in [1.82, 2.24) is 10.2 Å². The molecule has 0 spiro atoms. The van der Waals surface area contributed by atoms with E-state index >= 15 is 0 Å². The Morgan fingerprint density at radius 1 is 1.39 bits per heavy atom. The molecule has 1 unspecified atom stereocenters. The summed E-state index contributed by atoms with van der Waals surface area (Å²) in [4.78, 5) is 44.8. The molecule has 18 heavy (non-hydrogen) atoms. The van der Waals surface area contributed by atoms with Gasteiger partial charge in [-0.3, -0.25) is 9.59 Å². The second kappa shape index (κ2) is 4.63. The van der Waals surface area contributed by atoms with Crippen LogP contribution < -0.4 is 5.32 Å². The predicted octanol–water partition coefficient (Wildman–Crippen LogP) is 0.317. The van der Waals surface area contributed by atoms with E-state index in [1.165, 1.54) is 0 Å². The summed E-state index contributed by atoms with van der Waals surface area (Å²) in [6, 6.07) is -1.19. The normalized spacial score (nSPS) is 19.9. The van der Waals surface area contributed by atoms with Crippen molar-refractivity contribution in [3.63, 3.8) is 0 Å². The van der Waals surface area contributed by atoms with Gasteiger partial charge in [-0.05, 0) is 20.8 Å². The molecule has 0 aliphatic carbocycles. The number of nitrogens with one attached hydrogen (secondary N) is 1. The molecule has 1 heterocycles. The molecule has 8 nitrogen and oxygen atoms in total. The highest BCUT2D eigenvalue weighted by Gasteiger charge is 2.43. The third kappa shape index (κ3) is 3.19. The van der Waals surface area contributed by atoms with Crippen molar-refractivity contribution in [2.45, 2.75) is 38.8 Å². The van der Waals surface area contributed by atoms with E-state index in [1.54, 1.807) is 20.8 Å². The lowest BCUT2D eigenvalue weighted by molar-refractivity contribution is -0.136. The summed E-state index contributed by atoms with van der Waals surface area (Å²) >= 11 is 0. The zero-order chi connectivity index (χ0) is 14.1. The monoisotopic (exact) mass is 258 g/mol. The van der Waals surface area contributed by atoms with Crippen LogP contribution in [0.5, 0.6) is 0 Å². The fraction of sp³-hybridized carbons (Fsp3) is 0.600. The lowest BCUT2D eigenvalue weighted by Gasteiger charge is -2.20. The lowest BCUT2D eigenvalue weighted by Crippen LogP contribution is -2.44. The zero-order valence-corrected chi connectivity index (χ0v) is 10.2. The number of carbonyl (C=O) groups excluding carboxylic acids is 3. The topological polar surface area (TPSA) is 113 Å². The van der Waals surface area contributed by atoms with E-state index in [0.29, 0.717) is 0 Å². The van der Waals surface area contributed by atoms with E-state index in [2.05, 4.69) is 5.32 Å². The maximum absolute atomic E-state index is 11.5. The molecule has 0 bridgehead atoms. The molecule has 1 aliphatic rings. The molecule has 1 rings (SSSR count). The standard InChI is InChI=1S/C10H14N2O6/c1-10(2,3)18-8(15)11-5-4-6(13)12(7(5)14)9(16)17/h5H,4H2,1-3H3,(H,11,15)(H,16,17). The summed E-state index contributed by atoms with van der Waals surface area (Å²) in [7, 11) is 0. The predicted molar refractivity (Wildman–Crippen MR) is 57.7 cm³/mol. The highest BCUT2D eigenvalue weighted by atomic mass is 16.6. The van der Waals surface area contributed by atoms with E-state index in [9.17, 15) is 19.2 Å². The lowest BCUT2D eigenvalue weighted by atomic mass is 10.2. The molecule has 0 radical (unpaired) electrons. The molecule has 2 N–H and O–H groups in total. The van der Waals surface area contributed by atoms with Gasteiger partial charge in [0, 0.05) is 0 Å². The molecule has 1 aliphatic heterocycles. The van der Waals surface area contributed by atoms with Crippen LogP contribution in [0.3, 0.4) is 0 Å². The molecule has 100 valence electrons. The molecule has 1 fully saturated rings. The first-order valence-corrected chi connectivity index (χ1v) is 5.21. The summed E-state index contributed by atoms with van der Waals surface area (Å²) in [6.45, 7) is 4.91. The third-order valence-electron chi connectivity index (χ3n) is 2.03. The van der Waals surface area contributed by atoms with Crippen molar-refractivity contribution in [2.24, 2.45) is 0 Å². The number of amides is 4. The average Bonchev–Trinajstić information content (AvgIpc) is 2.37. The van der Waals surface area contributed by atoms with Crippen LogP contribution in [-0.2, 0) is 14.3 Å². The maximum Gasteiger partial charge on any atom is 0.421 e. The van der Waals surface area contributed by atoms with E-state index in [4.69, 9.17) is 9.84 Å². The number of rotatable bonds is 1. The largest absolute Gasteiger partial charge is 0.464 e. The van der Waals surface area contributed by atoms with E-state index < -0.39 is 35.6 Å². The summed E-state index contributed by atoms with van der Waals surface area (Å²) in [5, 5.41) is 10.8. The number of carboxylic acid groups (broad SMARTS) is 1. The van der Waals surface area contributed by atoms with Crippen LogP contribution in [0, 0.1) is 0 Å². The molecule has 1 atom stereocenters. The first-order chi connectivity index (χ1) is 8.11. The van der Waals surface area contributed by atoms with Gasteiger partial charge in [-0.25, -0.2) is 9.59 Å². The molecular formula is C10H14N2O6. The fourth-order valence-electron chi connectivity index (χ4n) is 1.40. The van der Waals surface area contributed by atoms with E-state index in [1.807, 2.05) is 0 Å². The molecule has 1 saturated heterocycles. The minimum Gasteiger partial charge on any atom is -0.464 e. The highest BCUT2D eigenvalue weighted by molar-refractivity contribution is 6.16. The Labute approximate surface area is 103 Å². The summed E-state index contributed by atoms with van der Waals surface area (Å²) < 4.78 is 4.90. The number of hydrogen-bond acceptors (Lipinski definition) is 5. The molecule has 0 aromatic carbocycles. The number of likely N-dealkylation sites (tertiary alicyclic amines) is 1. The molecule has 0 saturated carbocycles. The smallest absolute Gasteiger partial charge is 0.421 e. The number of ether oxygens (including phenoxy) is 1. The van der Waals surface area contributed by atoms with Crippen LogP contribution in [0.1, 0.15) is 27.2 Å². The van der Waals surface area contributed by atoms with Crippen molar-refractivity contribution in [1.29, 1.82) is 0 Å². The summed E-state index contributed by atoms with van der Waals surface area (Å²) in [5.41, 5.74) is -0.748. The number of carbonyl (C=O) groups is 4. The first kappa shape index (κ1) is 13.9. The van der Waals surface area contributed by atoms with Crippen LogP contribution in [0.25, 0.3) is 0 Å². The molecule has 8 heteroatoms. The number of imide groups is 3. The minimum atomic E-state index is -1.65.